The first kappa shape index (κ1) is 16.0. The van der Waals surface area contributed by atoms with Crippen LogP contribution in [0.25, 0.3) is 0 Å². The SMILES string of the molecule is CCc1nc(C)c(C(=O)N2CCc3sccc3C2c2cccs2)s1. The van der Waals surface area contributed by atoms with E-state index in [0.717, 1.165) is 35.0 Å². The lowest BCUT2D eigenvalue weighted by atomic mass is 9.98. The Morgan fingerprint density at radius 1 is 1.33 bits per heavy atom. The summed E-state index contributed by atoms with van der Waals surface area (Å²) in [7, 11) is 0. The quantitative estimate of drug-likeness (QED) is 0.651. The summed E-state index contributed by atoms with van der Waals surface area (Å²) in [4.78, 5) is 23.3. The lowest BCUT2D eigenvalue weighted by Crippen LogP contribution is -2.39. The van der Waals surface area contributed by atoms with Gasteiger partial charge in [0, 0.05) is 16.3 Å². The van der Waals surface area contributed by atoms with E-state index in [4.69, 9.17) is 0 Å². The topological polar surface area (TPSA) is 33.2 Å². The van der Waals surface area contributed by atoms with Gasteiger partial charge in [-0.2, -0.15) is 0 Å². The predicted molar refractivity (Wildman–Crippen MR) is 101 cm³/mol. The number of thiazole rings is 1. The Morgan fingerprint density at radius 3 is 2.92 bits per heavy atom. The van der Waals surface area contributed by atoms with Gasteiger partial charge < -0.3 is 4.90 Å². The van der Waals surface area contributed by atoms with E-state index in [0.29, 0.717) is 0 Å². The van der Waals surface area contributed by atoms with Gasteiger partial charge in [-0.05, 0) is 48.2 Å². The number of nitrogens with zero attached hydrogens (tertiary/aromatic N) is 2. The predicted octanol–water partition coefficient (Wildman–Crippen LogP) is 4.92. The summed E-state index contributed by atoms with van der Waals surface area (Å²) in [5.74, 6) is 0.125. The molecule has 0 saturated heterocycles. The van der Waals surface area contributed by atoms with Crippen molar-refractivity contribution >= 4 is 39.9 Å². The number of carbonyl (C=O) groups excluding carboxylic acids is 1. The average Bonchev–Trinajstić information content (AvgIpc) is 3.33. The van der Waals surface area contributed by atoms with Crippen molar-refractivity contribution in [1.29, 1.82) is 0 Å². The molecule has 4 rings (SSSR count). The number of hydrogen-bond donors (Lipinski definition) is 0. The standard InChI is InChI=1S/C18H18N2OS3/c1-3-15-19-11(2)17(24-15)18(21)20-8-6-13-12(7-10-23-13)16(20)14-5-4-9-22-14/h4-5,7,9-10,16H,3,6,8H2,1-2H3. The number of aryl methyl sites for hydroxylation is 2. The smallest absolute Gasteiger partial charge is 0.266 e. The molecule has 1 aliphatic heterocycles. The molecule has 24 heavy (non-hydrogen) atoms. The number of aromatic nitrogens is 1. The fourth-order valence-electron chi connectivity index (χ4n) is 3.22. The molecule has 4 heterocycles. The first-order valence-corrected chi connectivity index (χ1v) is 10.6. The molecule has 0 bridgehead atoms. The molecule has 3 aromatic rings. The normalized spacial score (nSPS) is 17.1. The van der Waals surface area contributed by atoms with E-state index in [1.165, 1.54) is 15.3 Å². The Morgan fingerprint density at radius 2 is 2.21 bits per heavy atom. The van der Waals surface area contributed by atoms with Crippen molar-refractivity contribution in [3.05, 3.63) is 59.9 Å². The van der Waals surface area contributed by atoms with Crippen molar-refractivity contribution in [1.82, 2.24) is 9.88 Å². The molecule has 0 fully saturated rings. The number of hydrogen-bond acceptors (Lipinski definition) is 5. The lowest BCUT2D eigenvalue weighted by Gasteiger charge is -2.35. The molecule has 3 aromatic heterocycles. The van der Waals surface area contributed by atoms with Gasteiger partial charge in [0.25, 0.3) is 5.91 Å². The molecule has 6 heteroatoms. The second-order valence-corrected chi connectivity index (χ2v) is 8.90. The number of carbonyl (C=O) groups is 1. The van der Waals surface area contributed by atoms with E-state index < -0.39 is 0 Å². The van der Waals surface area contributed by atoms with E-state index in [-0.39, 0.29) is 11.9 Å². The summed E-state index contributed by atoms with van der Waals surface area (Å²) in [5.41, 5.74) is 2.16. The summed E-state index contributed by atoms with van der Waals surface area (Å²) in [6.07, 6.45) is 1.82. The molecule has 1 amide bonds. The Hall–Kier alpha value is -1.50. The van der Waals surface area contributed by atoms with Crippen LogP contribution in [0.5, 0.6) is 0 Å². The highest BCUT2D eigenvalue weighted by molar-refractivity contribution is 7.13. The Bertz CT molecular complexity index is 863. The van der Waals surface area contributed by atoms with E-state index in [2.05, 4.69) is 40.9 Å². The van der Waals surface area contributed by atoms with Gasteiger partial charge in [0.15, 0.2) is 0 Å². The van der Waals surface area contributed by atoms with Gasteiger partial charge in [-0.25, -0.2) is 4.98 Å². The molecule has 0 aromatic carbocycles. The number of amides is 1. The second kappa shape index (κ2) is 6.43. The van der Waals surface area contributed by atoms with Crippen LogP contribution in [0.4, 0.5) is 0 Å². The molecule has 0 aliphatic carbocycles. The molecule has 0 saturated carbocycles. The summed E-state index contributed by atoms with van der Waals surface area (Å²) >= 11 is 5.08. The van der Waals surface area contributed by atoms with Crippen molar-refractivity contribution < 1.29 is 4.79 Å². The monoisotopic (exact) mass is 374 g/mol. The zero-order valence-electron chi connectivity index (χ0n) is 13.6. The summed E-state index contributed by atoms with van der Waals surface area (Å²) < 4.78 is 0. The summed E-state index contributed by atoms with van der Waals surface area (Å²) in [6.45, 7) is 4.80. The highest BCUT2D eigenvalue weighted by atomic mass is 32.1. The molecule has 0 radical (unpaired) electrons. The molecule has 1 unspecified atom stereocenters. The Kier molecular flexibility index (Phi) is 4.28. The van der Waals surface area contributed by atoms with Crippen molar-refractivity contribution in [3.63, 3.8) is 0 Å². The zero-order valence-corrected chi connectivity index (χ0v) is 16.1. The highest BCUT2D eigenvalue weighted by Crippen LogP contribution is 2.40. The third-order valence-electron chi connectivity index (χ3n) is 4.38. The van der Waals surface area contributed by atoms with Crippen LogP contribution in [0.1, 0.15) is 48.7 Å². The van der Waals surface area contributed by atoms with E-state index >= 15 is 0 Å². The maximum atomic E-state index is 13.3. The summed E-state index contributed by atoms with van der Waals surface area (Å²) in [6, 6.07) is 6.43. The largest absolute Gasteiger partial charge is 0.326 e. The minimum absolute atomic E-state index is 0.0408. The summed E-state index contributed by atoms with van der Waals surface area (Å²) in [5, 5.41) is 5.27. The molecule has 0 spiro atoms. The van der Waals surface area contributed by atoms with Gasteiger partial charge in [-0.15, -0.1) is 34.0 Å². The van der Waals surface area contributed by atoms with E-state index in [9.17, 15) is 4.79 Å². The average molecular weight is 375 g/mol. The Balaban J connectivity index is 1.76. The fourth-order valence-corrected chi connectivity index (χ4v) is 5.94. The molecule has 3 nitrogen and oxygen atoms in total. The van der Waals surface area contributed by atoms with Gasteiger partial charge in [-0.1, -0.05) is 13.0 Å². The highest BCUT2D eigenvalue weighted by Gasteiger charge is 2.35. The molecule has 0 N–H and O–H groups in total. The first-order valence-electron chi connectivity index (χ1n) is 8.06. The van der Waals surface area contributed by atoms with Crippen LogP contribution in [-0.2, 0) is 12.8 Å². The molecular weight excluding hydrogens is 356 g/mol. The van der Waals surface area contributed by atoms with Gasteiger partial charge in [0.05, 0.1) is 16.7 Å². The van der Waals surface area contributed by atoms with Crippen molar-refractivity contribution in [3.8, 4) is 0 Å². The van der Waals surface area contributed by atoms with Crippen LogP contribution in [0, 0.1) is 6.92 Å². The van der Waals surface area contributed by atoms with Crippen LogP contribution >= 0.6 is 34.0 Å². The van der Waals surface area contributed by atoms with Crippen LogP contribution in [0.2, 0.25) is 0 Å². The lowest BCUT2D eigenvalue weighted by molar-refractivity contribution is 0.0703. The first-order chi connectivity index (χ1) is 11.7. The number of fused-ring (bicyclic) bond motifs is 1. The molecule has 1 aliphatic rings. The van der Waals surface area contributed by atoms with E-state index in [1.807, 2.05) is 11.8 Å². The maximum Gasteiger partial charge on any atom is 0.266 e. The third-order valence-corrected chi connectivity index (χ3v) is 7.59. The minimum Gasteiger partial charge on any atom is -0.326 e. The van der Waals surface area contributed by atoms with Crippen molar-refractivity contribution in [2.45, 2.75) is 32.7 Å². The molecular formula is C18H18N2OS3. The van der Waals surface area contributed by atoms with Crippen LogP contribution in [0.15, 0.2) is 29.0 Å². The maximum absolute atomic E-state index is 13.3. The zero-order chi connectivity index (χ0) is 16.7. The minimum atomic E-state index is 0.0408. The molecule has 124 valence electrons. The van der Waals surface area contributed by atoms with Gasteiger partial charge in [0.2, 0.25) is 0 Å². The third kappa shape index (κ3) is 2.62. The van der Waals surface area contributed by atoms with Crippen LogP contribution < -0.4 is 0 Å². The van der Waals surface area contributed by atoms with E-state index in [1.54, 1.807) is 34.0 Å². The Labute approximate surface area is 153 Å². The van der Waals surface area contributed by atoms with Gasteiger partial charge in [-0.3, -0.25) is 4.79 Å². The van der Waals surface area contributed by atoms with Crippen molar-refractivity contribution in [2.24, 2.45) is 0 Å². The van der Waals surface area contributed by atoms with Crippen molar-refractivity contribution in [2.75, 3.05) is 6.54 Å². The number of rotatable bonds is 3. The van der Waals surface area contributed by atoms with Gasteiger partial charge >= 0.3 is 0 Å². The van der Waals surface area contributed by atoms with Crippen LogP contribution in [-0.4, -0.2) is 22.3 Å². The van der Waals surface area contributed by atoms with Gasteiger partial charge in [0.1, 0.15) is 4.88 Å². The molecule has 1 atom stereocenters. The number of thiophene rings is 2. The van der Waals surface area contributed by atoms with Crippen LogP contribution in [0.3, 0.4) is 0 Å². The fraction of sp³-hybridized carbons (Fsp3) is 0.333. The second-order valence-electron chi connectivity index (χ2n) is 5.84.